The third-order valence-corrected chi connectivity index (χ3v) is 5.47. The number of hydrogen-bond acceptors (Lipinski definition) is 5. The van der Waals surface area contributed by atoms with Crippen molar-refractivity contribution in [2.45, 2.75) is 20.4 Å². The predicted molar refractivity (Wildman–Crippen MR) is 129 cm³/mol. The topological polar surface area (TPSA) is 63.6 Å². The van der Waals surface area contributed by atoms with Crippen LogP contribution in [-0.4, -0.2) is 19.9 Å². The number of benzene rings is 2. The molecule has 32 heavy (non-hydrogen) atoms. The molecule has 0 saturated heterocycles. The van der Waals surface area contributed by atoms with Gasteiger partial charge in [-0.3, -0.25) is 9.97 Å². The van der Waals surface area contributed by atoms with E-state index in [1.54, 1.807) is 6.33 Å². The minimum atomic E-state index is 0.633. The molecule has 0 bridgehead atoms. The van der Waals surface area contributed by atoms with Gasteiger partial charge >= 0.3 is 0 Å². The number of hydrogen-bond donors (Lipinski definition) is 1. The van der Waals surface area contributed by atoms with Crippen LogP contribution >= 0.6 is 0 Å². The zero-order valence-corrected chi connectivity index (χ0v) is 18.1. The minimum Gasteiger partial charge on any atom is -0.365 e. The molecule has 0 amide bonds. The Balaban J connectivity index is 1.35. The van der Waals surface area contributed by atoms with Crippen molar-refractivity contribution >= 4 is 16.7 Å². The highest BCUT2D eigenvalue weighted by Gasteiger charge is 2.07. The molecule has 5 rings (SSSR count). The Morgan fingerprint density at radius 3 is 2.47 bits per heavy atom. The van der Waals surface area contributed by atoms with Gasteiger partial charge in [-0.05, 0) is 60.9 Å². The molecule has 0 aliphatic heterocycles. The number of pyridine rings is 2. The average molecular weight is 418 g/mol. The number of nitrogens with zero attached hydrogens (tertiary/aromatic N) is 4. The standard InChI is InChI=1S/C27H23N5/c1-18-4-3-5-21(12-18)22-7-8-24-26(14-22)31-17-32-27(24)30-16-20-6-9-25(29-15-20)23-10-11-28-19(2)13-23/h3-15,17H,16H2,1-2H3,(H,30,31,32). The molecule has 0 aliphatic rings. The lowest BCUT2D eigenvalue weighted by Gasteiger charge is -2.10. The van der Waals surface area contributed by atoms with Crippen LogP contribution < -0.4 is 5.32 Å². The Morgan fingerprint density at radius 1 is 0.750 bits per heavy atom. The van der Waals surface area contributed by atoms with Crippen LogP contribution in [0, 0.1) is 13.8 Å². The number of nitrogens with one attached hydrogen (secondary N) is 1. The van der Waals surface area contributed by atoms with Crippen LogP contribution in [0.1, 0.15) is 16.8 Å². The van der Waals surface area contributed by atoms with Crippen LogP contribution in [0.2, 0.25) is 0 Å². The van der Waals surface area contributed by atoms with E-state index in [0.717, 1.165) is 44.8 Å². The van der Waals surface area contributed by atoms with Gasteiger partial charge in [-0.15, -0.1) is 0 Å². The Kier molecular flexibility index (Phi) is 5.30. The molecule has 0 aliphatic carbocycles. The quantitative estimate of drug-likeness (QED) is 0.381. The van der Waals surface area contributed by atoms with Crippen LogP contribution in [0.15, 0.2) is 85.5 Å². The normalized spacial score (nSPS) is 10.9. The van der Waals surface area contributed by atoms with E-state index in [1.807, 2.05) is 37.5 Å². The van der Waals surface area contributed by atoms with E-state index in [1.165, 1.54) is 11.1 Å². The van der Waals surface area contributed by atoms with Gasteiger partial charge in [-0.1, -0.05) is 42.0 Å². The third-order valence-electron chi connectivity index (χ3n) is 5.47. The second kappa shape index (κ2) is 8.55. The van der Waals surface area contributed by atoms with Crippen molar-refractivity contribution in [3.63, 3.8) is 0 Å². The van der Waals surface area contributed by atoms with Gasteiger partial charge in [0.25, 0.3) is 0 Å². The zero-order chi connectivity index (χ0) is 21.9. The fourth-order valence-corrected chi connectivity index (χ4v) is 3.79. The summed E-state index contributed by atoms with van der Waals surface area (Å²) in [5.74, 6) is 0.819. The summed E-state index contributed by atoms with van der Waals surface area (Å²) < 4.78 is 0. The van der Waals surface area contributed by atoms with Crippen molar-refractivity contribution in [2.75, 3.05) is 5.32 Å². The van der Waals surface area contributed by atoms with E-state index in [4.69, 9.17) is 0 Å². The van der Waals surface area contributed by atoms with Crippen molar-refractivity contribution < 1.29 is 0 Å². The van der Waals surface area contributed by atoms with Crippen molar-refractivity contribution in [3.8, 4) is 22.4 Å². The molecule has 3 heterocycles. The molecule has 156 valence electrons. The maximum absolute atomic E-state index is 4.62. The fraction of sp³-hybridized carbons (Fsp3) is 0.111. The Bertz CT molecular complexity index is 1390. The first-order chi connectivity index (χ1) is 15.7. The molecular formula is C27H23N5. The van der Waals surface area contributed by atoms with Gasteiger partial charge in [-0.25, -0.2) is 9.97 Å². The minimum absolute atomic E-state index is 0.633. The molecule has 0 fully saturated rings. The molecule has 1 N–H and O–H groups in total. The highest BCUT2D eigenvalue weighted by atomic mass is 15.0. The lowest BCUT2D eigenvalue weighted by Crippen LogP contribution is -2.03. The van der Waals surface area contributed by atoms with Gasteiger partial charge in [0.2, 0.25) is 0 Å². The van der Waals surface area contributed by atoms with Crippen LogP contribution in [0.25, 0.3) is 33.3 Å². The van der Waals surface area contributed by atoms with Gasteiger partial charge in [0, 0.05) is 35.6 Å². The second-order valence-electron chi connectivity index (χ2n) is 7.91. The number of fused-ring (bicyclic) bond motifs is 1. The number of anilines is 1. The molecule has 0 spiro atoms. The van der Waals surface area contributed by atoms with Crippen molar-refractivity contribution in [2.24, 2.45) is 0 Å². The monoisotopic (exact) mass is 417 g/mol. The summed E-state index contributed by atoms with van der Waals surface area (Å²) in [5, 5.41) is 4.44. The van der Waals surface area contributed by atoms with Crippen LogP contribution in [0.3, 0.4) is 0 Å². The van der Waals surface area contributed by atoms with Crippen molar-refractivity contribution in [1.82, 2.24) is 19.9 Å². The Morgan fingerprint density at radius 2 is 1.66 bits per heavy atom. The number of aryl methyl sites for hydroxylation is 2. The van der Waals surface area contributed by atoms with Crippen molar-refractivity contribution in [1.29, 1.82) is 0 Å². The lowest BCUT2D eigenvalue weighted by molar-refractivity contribution is 1.08. The first kappa shape index (κ1) is 19.8. The number of aromatic nitrogens is 4. The largest absolute Gasteiger partial charge is 0.365 e. The van der Waals surface area contributed by atoms with E-state index in [9.17, 15) is 0 Å². The predicted octanol–water partition coefficient (Wildman–Crippen LogP) is 5.98. The van der Waals surface area contributed by atoms with Gasteiger partial charge in [0.15, 0.2) is 0 Å². The molecule has 0 saturated carbocycles. The van der Waals surface area contributed by atoms with E-state index >= 15 is 0 Å². The second-order valence-corrected chi connectivity index (χ2v) is 7.91. The first-order valence-corrected chi connectivity index (χ1v) is 10.6. The fourth-order valence-electron chi connectivity index (χ4n) is 3.79. The van der Waals surface area contributed by atoms with Gasteiger partial charge in [0.05, 0.1) is 11.2 Å². The highest BCUT2D eigenvalue weighted by Crippen LogP contribution is 2.27. The summed E-state index contributed by atoms with van der Waals surface area (Å²) in [5.41, 5.74) is 8.58. The van der Waals surface area contributed by atoms with E-state index in [2.05, 4.69) is 80.7 Å². The number of rotatable bonds is 5. The average Bonchev–Trinajstić information content (AvgIpc) is 2.82. The Hall–Kier alpha value is -4.12. The summed E-state index contributed by atoms with van der Waals surface area (Å²) in [6.07, 6.45) is 5.32. The molecular weight excluding hydrogens is 394 g/mol. The maximum Gasteiger partial charge on any atom is 0.137 e. The third kappa shape index (κ3) is 4.18. The summed E-state index contributed by atoms with van der Waals surface area (Å²) in [4.78, 5) is 17.8. The summed E-state index contributed by atoms with van der Waals surface area (Å²) in [6, 6.07) is 23.0. The summed E-state index contributed by atoms with van der Waals surface area (Å²) >= 11 is 0. The van der Waals surface area contributed by atoms with Crippen molar-refractivity contribution in [3.05, 3.63) is 102 Å². The van der Waals surface area contributed by atoms with Crippen LogP contribution in [0.5, 0.6) is 0 Å². The Labute approximate surface area is 187 Å². The molecule has 0 atom stereocenters. The molecule has 0 unspecified atom stereocenters. The molecule has 5 aromatic rings. The summed E-state index contributed by atoms with van der Waals surface area (Å²) in [6.45, 7) is 4.72. The molecule has 2 aromatic carbocycles. The lowest BCUT2D eigenvalue weighted by atomic mass is 10.0. The van der Waals surface area contributed by atoms with E-state index < -0.39 is 0 Å². The van der Waals surface area contributed by atoms with Gasteiger partial charge in [-0.2, -0.15) is 0 Å². The summed E-state index contributed by atoms with van der Waals surface area (Å²) in [7, 11) is 0. The van der Waals surface area contributed by atoms with E-state index in [-0.39, 0.29) is 0 Å². The molecule has 5 nitrogen and oxygen atoms in total. The molecule has 3 aromatic heterocycles. The molecule has 0 radical (unpaired) electrons. The van der Waals surface area contributed by atoms with Crippen LogP contribution in [0.4, 0.5) is 5.82 Å². The maximum atomic E-state index is 4.62. The van der Waals surface area contributed by atoms with Gasteiger partial charge < -0.3 is 5.32 Å². The smallest absolute Gasteiger partial charge is 0.137 e. The SMILES string of the molecule is Cc1cccc(-c2ccc3c(NCc4ccc(-c5ccnc(C)c5)nc4)ncnc3c2)c1. The first-order valence-electron chi connectivity index (χ1n) is 10.6. The zero-order valence-electron chi connectivity index (χ0n) is 18.1. The highest BCUT2D eigenvalue weighted by molar-refractivity contribution is 5.92. The van der Waals surface area contributed by atoms with Gasteiger partial charge in [0.1, 0.15) is 12.1 Å². The van der Waals surface area contributed by atoms with Crippen LogP contribution in [-0.2, 0) is 6.54 Å². The molecule has 5 heteroatoms. The van der Waals surface area contributed by atoms with E-state index in [0.29, 0.717) is 6.54 Å².